The third kappa shape index (κ3) is 4.28. The third-order valence-electron chi connectivity index (χ3n) is 4.43. The number of carbonyl (C=O) groups is 1. The molecule has 3 rings (SSSR count). The van der Waals surface area contributed by atoms with Crippen LogP contribution in [0.3, 0.4) is 0 Å². The van der Waals surface area contributed by atoms with Gasteiger partial charge in [-0.15, -0.1) is 0 Å². The van der Waals surface area contributed by atoms with Crippen molar-refractivity contribution in [2.45, 2.75) is 45.3 Å². The monoisotopic (exact) mass is 359 g/mol. The van der Waals surface area contributed by atoms with Gasteiger partial charge in [0.05, 0.1) is 26.0 Å². The van der Waals surface area contributed by atoms with Gasteiger partial charge < -0.3 is 19.5 Å². The molecule has 1 saturated carbocycles. The van der Waals surface area contributed by atoms with Crippen molar-refractivity contribution in [3.05, 3.63) is 35.5 Å². The van der Waals surface area contributed by atoms with E-state index in [4.69, 9.17) is 14.2 Å². The van der Waals surface area contributed by atoms with Gasteiger partial charge in [-0.2, -0.15) is 5.10 Å². The lowest BCUT2D eigenvalue weighted by atomic mass is 10.2. The normalized spacial score (nSPS) is 14.2. The van der Waals surface area contributed by atoms with Crippen LogP contribution in [-0.4, -0.2) is 36.0 Å². The molecule has 1 heterocycles. The summed E-state index contributed by atoms with van der Waals surface area (Å²) in [4.78, 5) is 11.9. The van der Waals surface area contributed by atoms with E-state index in [9.17, 15) is 4.79 Å². The summed E-state index contributed by atoms with van der Waals surface area (Å²) in [7, 11) is 1.64. The van der Waals surface area contributed by atoms with Crippen LogP contribution >= 0.6 is 0 Å². The fourth-order valence-electron chi connectivity index (χ4n) is 3.08. The molecule has 140 valence electrons. The average Bonchev–Trinajstić information content (AvgIpc) is 3.32. The molecule has 0 unspecified atom stereocenters. The Morgan fingerprint density at radius 2 is 2.12 bits per heavy atom. The zero-order valence-electron chi connectivity index (χ0n) is 15.2. The summed E-state index contributed by atoms with van der Waals surface area (Å²) in [5.74, 6) is 1.63. The van der Waals surface area contributed by atoms with E-state index in [-0.39, 0.29) is 6.10 Å². The maximum Gasteiger partial charge on any atom is 0.343 e. The number of nitrogens with one attached hydrogen (secondary N) is 2. The number of methoxy groups -OCH3 is 1. The van der Waals surface area contributed by atoms with Crippen LogP contribution in [0.1, 0.15) is 48.5 Å². The van der Waals surface area contributed by atoms with Crippen LogP contribution < -0.4 is 14.8 Å². The average molecular weight is 359 g/mol. The first-order chi connectivity index (χ1) is 12.7. The predicted molar refractivity (Wildman–Crippen MR) is 97.7 cm³/mol. The number of benzene rings is 1. The Morgan fingerprint density at radius 1 is 1.31 bits per heavy atom. The maximum absolute atomic E-state index is 11.9. The number of rotatable bonds is 8. The highest BCUT2D eigenvalue weighted by Gasteiger charge is 2.19. The number of anilines is 1. The van der Waals surface area contributed by atoms with Crippen molar-refractivity contribution in [2.75, 3.05) is 19.0 Å². The van der Waals surface area contributed by atoms with Gasteiger partial charge in [0.2, 0.25) is 0 Å². The van der Waals surface area contributed by atoms with Gasteiger partial charge in [0.1, 0.15) is 11.4 Å². The molecule has 1 aliphatic carbocycles. The summed E-state index contributed by atoms with van der Waals surface area (Å²) >= 11 is 0. The molecule has 0 saturated heterocycles. The maximum atomic E-state index is 11.9. The van der Waals surface area contributed by atoms with Gasteiger partial charge >= 0.3 is 5.97 Å². The summed E-state index contributed by atoms with van der Waals surface area (Å²) in [5.41, 5.74) is 1.41. The molecular weight excluding hydrogens is 334 g/mol. The van der Waals surface area contributed by atoms with Crippen LogP contribution in [0.5, 0.6) is 11.5 Å². The molecule has 7 nitrogen and oxygen atoms in total. The van der Waals surface area contributed by atoms with Crippen LogP contribution in [0, 0.1) is 0 Å². The second-order valence-electron chi connectivity index (χ2n) is 6.24. The minimum Gasteiger partial charge on any atom is -0.493 e. The molecule has 1 aliphatic rings. The van der Waals surface area contributed by atoms with E-state index in [1.807, 2.05) is 18.2 Å². The molecule has 7 heteroatoms. The highest BCUT2D eigenvalue weighted by atomic mass is 16.5. The summed E-state index contributed by atoms with van der Waals surface area (Å²) in [6, 6.07) is 5.85. The molecule has 0 bridgehead atoms. The zero-order valence-corrected chi connectivity index (χ0v) is 15.2. The van der Waals surface area contributed by atoms with Crippen molar-refractivity contribution >= 4 is 11.8 Å². The van der Waals surface area contributed by atoms with Gasteiger partial charge in [0.15, 0.2) is 11.5 Å². The number of hydrogen-bond donors (Lipinski definition) is 2. The number of aromatic amines is 1. The summed E-state index contributed by atoms with van der Waals surface area (Å²) in [6.07, 6.45) is 6.32. The molecule has 0 aliphatic heterocycles. The van der Waals surface area contributed by atoms with Gasteiger partial charge in [-0.1, -0.05) is 6.07 Å². The lowest BCUT2D eigenvalue weighted by molar-refractivity contribution is 0.0527. The Hall–Kier alpha value is -2.70. The summed E-state index contributed by atoms with van der Waals surface area (Å²) < 4.78 is 16.6. The van der Waals surface area contributed by atoms with E-state index in [1.54, 1.807) is 14.0 Å². The fraction of sp³-hybridized carbons (Fsp3) is 0.474. The Bertz CT molecular complexity index is 738. The second-order valence-corrected chi connectivity index (χ2v) is 6.24. The van der Waals surface area contributed by atoms with E-state index in [0.717, 1.165) is 29.9 Å². The smallest absolute Gasteiger partial charge is 0.343 e. The van der Waals surface area contributed by atoms with Crippen molar-refractivity contribution in [3.63, 3.8) is 0 Å². The quantitative estimate of drug-likeness (QED) is 0.701. The van der Waals surface area contributed by atoms with Gasteiger partial charge in [-0.25, -0.2) is 4.79 Å². The molecule has 0 amide bonds. The van der Waals surface area contributed by atoms with E-state index in [0.29, 0.717) is 24.5 Å². The first-order valence-electron chi connectivity index (χ1n) is 8.99. The lowest BCUT2D eigenvalue weighted by Gasteiger charge is -2.17. The lowest BCUT2D eigenvalue weighted by Crippen LogP contribution is -2.12. The first kappa shape index (κ1) is 18.1. The molecule has 0 radical (unpaired) electrons. The van der Waals surface area contributed by atoms with Crippen LogP contribution in [-0.2, 0) is 11.3 Å². The van der Waals surface area contributed by atoms with Crippen molar-refractivity contribution in [2.24, 2.45) is 0 Å². The van der Waals surface area contributed by atoms with Crippen molar-refractivity contribution in [1.29, 1.82) is 0 Å². The second kappa shape index (κ2) is 8.60. The minimum atomic E-state index is -0.399. The largest absolute Gasteiger partial charge is 0.493 e. The number of aromatic nitrogens is 2. The highest BCUT2D eigenvalue weighted by Crippen LogP contribution is 2.32. The van der Waals surface area contributed by atoms with Crippen LogP contribution in [0.2, 0.25) is 0 Å². The molecular formula is C19H25N3O4. The summed E-state index contributed by atoms with van der Waals surface area (Å²) in [6.45, 7) is 2.61. The third-order valence-corrected chi connectivity index (χ3v) is 4.43. The zero-order chi connectivity index (χ0) is 18.4. The van der Waals surface area contributed by atoms with Crippen molar-refractivity contribution < 1.29 is 19.0 Å². The molecule has 2 aromatic rings. The Kier molecular flexibility index (Phi) is 5.99. The Morgan fingerprint density at radius 3 is 2.85 bits per heavy atom. The number of nitrogens with zero attached hydrogens (tertiary/aromatic N) is 1. The Balaban J connectivity index is 1.68. The van der Waals surface area contributed by atoms with E-state index < -0.39 is 5.97 Å². The van der Waals surface area contributed by atoms with Gasteiger partial charge in [-0.3, -0.25) is 5.10 Å². The molecule has 1 fully saturated rings. The topological polar surface area (TPSA) is 85.5 Å². The SMILES string of the molecule is CCOC(=O)c1cn[nH]c1NCc1ccc(OC)c(OC2CCCC2)c1. The van der Waals surface area contributed by atoms with Crippen molar-refractivity contribution in [1.82, 2.24) is 10.2 Å². The van der Waals surface area contributed by atoms with E-state index >= 15 is 0 Å². The van der Waals surface area contributed by atoms with Gasteiger partial charge in [-0.05, 0) is 50.3 Å². The Labute approximate surface area is 153 Å². The first-order valence-corrected chi connectivity index (χ1v) is 8.99. The number of H-pyrrole nitrogens is 1. The minimum absolute atomic E-state index is 0.259. The standard InChI is InChI=1S/C19H25N3O4/c1-3-25-19(23)15-12-21-22-18(15)20-11-13-8-9-16(24-2)17(10-13)26-14-6-4-5-7-14/h8-10,12,14H,3-7,11H2,1-2H3,(H2,20,21,22). The van der Waals surface area contributed by atoms with Crippen LogP contribution in [0.4, 0.5) is 5.82 Å². The van der Waals surface area contributed by atoms with Crippen molar-refractivity contribution in [3.8, 4) is 11.5 Å². The number of carbonyl (C=O) groups excluding carboxylic acids is 1. The van der Waals surface area contributed by atoms with E-state index in [2.05, 4.69) is 15.5 Å². The molecule has 1 aromatic carbocycles. The highest BCUT2D eigenvalue weighted by molar-refractivity contribution is 5.94. The summed E-state index contributed by atoms with van der Waals surface area (Å²) in [5, 5.41) is 9.90. The fourth-order valence-corrected chi connectivity index (χ4v) is 3.08. The predicted octanol–water partition coefficient (Wildman–Crippen LogP) is 3.53. The molecule has 26 heavy (non-hydrogen) atoms. The molecule has 0 atom stereocenters. The molecule has 2 N–H and O–H groups in total. The van der Waals surface area contributed by atoms with Crippen LogP contribution in [0.15, 0.2) is 24.4 Å². The van der Waals surface area contributed by atoms with Crippen LogP contribution in [0.25, 0.3) is 0 Å². The number of ether oxygens (including phenoxy) is 3. The number of hydrogen-bond acceptors (Lipinski definition) is 6. The van der Waals surface area contributed by atoms with Gasteiger partial charge in [0, 0.05) is 6.54 Å². The molecule has 0 spiro atoms. The number of esters is 1. The molecule has 1 aromatic heterocycles. The van der Waals surface area contributed by atoms with Gasteiger partial charge in [0.25, 0.3) is 0 Å². The van der Waals surface area contributed by atoms with E-state index in [1.165, 1.54) is 19.0 Å².